The highest BCUT2D eigenvalue weighted by atomic mass is 79.9. The van der Waals surface area contributed by atoms with Gasteiger partial charge in [0.2, 0.25) is 0 Å². The predicted molar refractivity (Wildman–Crippen MR) is 63.7 cm³/mol. The van der Waals surface area contributed by atoms with Crippen LogP contribution in [0.1, 0.15) is 31.3 Å². The van der Waals surface area contributed by atoms with E-state index in [1.165, 1.54) is 0 Å². The molecular weight excluding hydrogens is 256 g/mol. The number of halogens is 1. The number of hydrogen-bond donors (Lipinski definition) is 1. The van der Waals surface area contributed by atoms with Crippen molar-refractivity contribution in [1.29, 1.82) is 0 Å². The zero-order chi connectivity index (χ0) is 11.5. The summed E-state index contributed by atoms with van der Waals surface area (Å²) in [7, 11) is 0. The van der Waals surface area contributed by atoms with Crippen molar-refractivity contribution >= 4 is 21.8 Å². The standard InChI is InChI=1S/C11H15BrN2O/c1-11(2,3)7-14-10(15)9-8(12)5-4-6-13-9/h4-6H,7H2,1-3H3,(H,14,15). The highest BCUT2D eigenvalue weighted by Gasteiger charge is 2.15. The Morgan fingerprint density at radius 1 is 1.53 bits per heavy atom. The van der Waals surface area contributed by atoms with Crippen LogP contribution >= 0.6 is 15.9 Å². The third-order valence-corrected chi connectivity index (χ3v) is 2.39. The molecular formula is C11H15BrN2O. The third-order valence-electron chi connectivity index (χ3n) is 1.75. The summed E-state index contributed by atoms with van der Waals surface area (Å²) < 4.78 is 0.719. The lowest BCUT2D eigenvalue weighted by atomic mass is 9.97. The van der Waals surface area contributed by atoms with E-state index in [1.807, 2.05) is 0 Å². The summed E-state index contributed by atoms with van der Waals surface area (Å²) >= 11 is 3.29. The number of aromatic nitrogens is 1. The maximum atomic E-state index is 11.7. The monoisotopic (exact) mass is 270 g/mol. The number of amides is 1. The van der Waals surface area contributed by atoms with Crippen LogP contribution in [0.4, 0.5) is 0 Å². The molecule has 15 heavy (non-hydrogen) atoms. The molecule has 0 bridgehead atoms. The summed E-state index contributed by atoms with van der Waals surface area (Å²) in [6.07, 6.45) is 1.61. The molecule has 0 unspecified atom stereocenters. The number of rotatable bonds is 2. The van der Waals surface area contributed by atoms with Gasteiger partial charge in [0.1, 0.15) is 5.69 Å². The average molecular weight is 271 g/mol. The number of pyridine rings is 1. The molecule has 3 nitrogen and oxygen atoms in total. The minimum Gasteiger partial charge on any atom is -0.350 e. The van der Waals surface area contributed by atoms with Crippen molar-refractivity contribution in [1.82, 2.24) is 10.3 Å². The minimum atomic E-state index is -0.141. The van der Waals surface area contributed by atoms with Gasteiger partial charge in [-0.25, -0.2) is 4.98 Å². The number of nitrogens with one attached hydrogen (secondary N) is 1. The molecule has 1 amide bonds. The van der Waals surface area contributed by atoms with Gasteiger partial charge in [0, 0.05) is 17.2 Å². The normalized spacial score (nSPS) is 11.2. The predicted octanol–water partition coefficient (Wildman–Crippen LogP) is 2.62. The molecule has 82 valence electrons. The highest BCUT2D eigenvalue weighted by Crippen LogP contribution is 2.14. The molecule has 0 saturated carbocycles. The molecule has 0 saturated heterocycles. The van der Waals surface area contributed by atoms with Crippen molar-refractivity contribution in [3.05, 3.63) is 28.5 Å². The first-order chi connectivity index (χ1) is 6.90. The van der Waals surface area contributed by atoms with Crippen LogP contribution in [0.25, 0.3) is 0 Å². The largest absolute Gasteiger partial charge is 0.350 e. The van der Waals surface area contributed by atoms with Gasteiger partial charge in [-0.1, -0.05) is 20.8 Å². The van der Waals surface area contributed by atoms with E-state index in [0.717, 1.165) is 4.47 Å². The van der Waals surface area contributed by atoms with Gasteiger partial charge in [-0.3, -0.25) is 4.79 Å². The molecule has 0 aliphatic heterocycles. The summed E-state index contributed by atoms with van der Waals surface area (Å²) in [5, 5.41) is 2.85. The van der Waals surface area contributed by atoms with Crippen LogP contribution in [0.2, 0.25) is 0 Å². The molecule has 1 rings (SSSR count). The molecule has 0 atom stereocenters. The quantitative estimate of drug-likeness (QED) is 0.898. The van der Waals surface area contributed by atoms with E-state index in [1.54, 1.807) is 18.3 Å². The van der Waals surface area contributed by atoms with Crippen LogP contribution in [0.15, 0.2) is 22.8 Å². The number of nitrogens with zero attached hydrogens (tertiary/aromatic N) is 1. The van der Waals surface area contributed by atoms with Crippen molar-refractivity contribution in [2.24, 2.45) is 5.41 Å². The SMILES string of the molecule is CC(C)(C)CNC(=O)c1ncccc1Br. The first-order valence-electron chi connectivity index (χ1n) is 4.79. The van der Waals surface area contributed by atoms with Crippen molar-refractivity contribution in [2.75, 3.05) is 6.54 Å². The van der Waals surface area contributed by atoms with Crippen molar-refractivity contribution in [3.63, 3.8) is 0 Å². The van der Waals surface area contributed by atoms with Crippen LogP contribution in [-0.2, 0) is 0 Å². The van der Waals surface area contributed by atoms with E-state index in [9.17, 15) is 4.79 Å². The lowest BCUT2D eigenvalue weighted by molar-refractivity contribution is 0.0933. The van der Waals surface area contributed by atoms with E-state index in [2.05, 4.69) is 47.0 Å². The number of hydrogen-bond acceptors (Lipinski definition) is 2. The molecule has 4 heteroatoms. The molecule has 0 fully saturated rings. The molecule has 0 aliphatic carbocycles. The Labute approximate surface area is 98.4 Å². The topological polar surface area (TPSA) is 42.0 Å². The van der Waals surface area contributed by atoms with Gasteiger partial charge in [0.05, 0.1) is 0 Å². The Balaban J connectivity index is 2.66. The van der Waals surface area contributed by atoms with Gasteiger partial charge >= 0.3 is 0 Å². The summed E-state index contributed by atoms with van der Waals surface area (Å²) in [5.41, 5.74) is 0.512. The molecule has 1 aromatic rings. The summed E-state index contributed by atoms with van der Waals surface area (Å²) in [6.45, 7) is 6.84. The van der Waals surface area contributed by atoms with E-state index in [0.29, 0.717) is 12.2 Å². The molecule has 0 aliphatic rings. The second-order valence-electron chi connectivity index (χ2n) is 4.58. The van der Waals surface area contributed by atoms with Crippen LogP contribution in [0.5, 0.6) is 0 Å². The zero-order valence-electron chi connectivity index (χ0n) is 9.17. The van der Waals surface area contributed by atoms with Crippen LogP contribution in [-0.4, -0.2) is 17.4 Å². The second-order valence-corrected chi connectivity index (χ2v) is 5.43. The molecule has 1 heterocycles. The van der Waals surface area contributed by atoms with Gasteiger partial charge in [-0.15, -0.1) is 0 Å². The summed E-state index contributed by atoms with van der Waals surface area (Å²) in [6, 6.07) is 3.59. The third kappa shape index (κ3) is 4.00. The second kappa shape index (κ2) is 4.75. The van der Waals surface area contributed by atoms with Gasteiger partial charge in [0.15, 0.2) is 0 Å². The van der Waals surface area contributed by atoms with Crippen molar-refractivity contribution < 1.29 is 4.79 Å². The Morgan fingerprint density at radius 2 is 2.20 bits per heavy atom. The fourth-order valence-electron chi connectivity index (χ4n) is 0.982. The Hall–Kier alpha value is -0.900. The minimum absolute atomic E-state index is 0.0803. The first kappa shape index (κ1) is 12.2. The number of carbonyl (C=O) groups is 1. The molecule has 0 aromatic carbocycles. The van der Waals surface area contributed by atoms with E-state index >= 15 is 0 Å². The van der Waals surface area contributed by atoms with Crippen molar-refractivity contribution in [3.8, 4) is 0 Å². The highest BCUT2D eigenvalue weighted by molar-refractivity contribution is 9.10. The Bertz CT molecular complexity index is 358. The lowest BCUT2D eigenvalue weighted by Gasteiger charge is -2.18. The van der Waals surface area contributed by atoms with Crippen LogP contribution in [0.3, 0.4) is 0 Å². The van der Waals surface area contributed by atoms with Crippen LogP contribution in [0, 0.1) is 5.41 Å². The maximum absolute atomic E-state index is 11.7. The van der Waals surface area contributed by atoms with Crippen molar-refractivity contribution in [2.45, 2.75) is 20.8 Å². The Kier molecular flexibility index (Phi) is 3.85. The van der Waals surface area contributed by atoms with Gasteiger partial charge < -0.3 is 5.32 Å². The average Bonchev–Trinajstić information content (AvgIpc) is 2.14. The van der Waals surface area contributed by atoms with Gasteiger partial charge in [-0.05, 0) is 33.5 Å². The van der Waals surface area contributed by atoms with E-state index < -0.39 is 0 Å². The Morgan fingerprint density at radius 3 is 2.73 bits per heavy atom. The van der Waals surface area contributed by atoms with Crippen LogP contribution < -0.4 is 5.32 Å². The lowest BCUT2D eigenvalue weighted by Crippen LogP contribution is -2.32. The maximum Gasteiger partial charge on any atom is 0.271 e. The molecule has 0 spiro atoms. The zero-order valence-corrected chi connectivity index (χ0v) is 10.8. The van der Waals surface area contributed by atoms with E-state index in [4.69, 9.17) is 0 Å². The van der Waals surface area contributed by atoms with Gasteiger partial charge in [-0.2, -0.15) is 0 Å². The molecule has 0 radical (unpaired) electrons. The number of carbonyl (C=O) groups excluding carboxylic acids is 1. The fraction of sp³-hybridized carbons (Fsp3) is 0.455. The fourth-order valence-corrected chi connectivity index (χ4v) is 1.42. The van der Waals surface area contributed by atoms with Gasteiger partial charge in [0.25, 0.3) is 5.91 Å². The van der Waals surface area contributed by atoms with E-state index in [-0.39, 0.29) is 11.3 Å². The first-order valence-corrected chi connectivity index (χ1v) is 5.58. The smallest absolute Gasteiger partial charge is 0.271 e. The summed E-state index contributed by atoms with van der Waals surface area (Å²) in [5.74, 6) is -0.141. The summed E-state index contributed by atoms with van der Waals surface area (Å²) in [4.78, 5) is 15.7. The molecule has 1 N–H and O–H groups in total. The molecule has 1 aromatic heterocycles.